The molecule has 1 atom stereocenters. The first-order chi connectivity index (χ1) is 14.5. The van der Waals surface area contributed by atoms with Crippen LogP contribution in [0, 0.1) is 19.8 Å². The summed E-state index contributed by atoms with van der Waals surface area (Å²) in [5.74, 6) is -0.495. The summed E-state index contributed by atoms with van der Waals surface area (Å²) in [6, 6.07) is 23.5. The fraction of sp³-hybridized carbons (Fsp3) is 0.200. The molecule has 0 spiro atoms. The number of hydrogen-bond donors (Lipinski definition) is 2. The predicted octanol–water partition coefficient (Wildman–Crippen LogP) is 5.04. The lowest BCUT2D eigenvalue weighted by molar-refractivity contribution is -0.122. The number of hydrogen-bond acceptors (Lipinski definition) is 3. The van der Waals surface area contributed by atoms with Crippen LogP contribution in [0.4, 0.5) is 22.7 Å². The van der Waals surface area contributed by atoms with Crippen LogP contribution in [0.1, 0.15) is 17.5 Å². The van der Waals surface area contributed by atoms with Gasteiger partial charge in [0.15, 0.2) is 0 Å². The van der Waals surface area contributed by atoms with E-state index in [1.807, 2.05) is 86.6 Å². The molecule has 0 radical (unpaired) electrons. The van der Waals surface area contributed by atoms with Crippen molar-refractivity contribution in [1.82, 2.24) is 0 Å². The van der Waals surface area contributed by atoms with Gasteiger partial charge in [-0.2, -0.15) is 0 Å². The number of nitrogens with one attached hydrogen (secondary N) is 2. The van der Waals surface area contributed by atoms with Gasteiger partial charge < -0.3 is 15.5 Å². The average Bonchev–Trinajstić information content (AvgIpc) is 3.14. The van der Waals surface area contributed by atoms with Crippen molar-refractivity contribution in [3.8, 4) is 0 Å². The predicted molar refractivity (Wildman–Crippen MR) is 121 cm³/mol. The van der Waals surface area contributed by atoms with E-state index in [1.165, 1.54) is 0 Å². The van der Waals surface area contributed by atoms with E-state index in [1.54, 1.807) is 4.90 Å². The third-order valence-corrected chi connectivity index (χ3v) is 5.37. The van der Waals surface area contributed by atoms with Crippen LogP contribution in [0.25, 0.3) is 0 Å². The van der Waals surface area contributed by atoms with Gasteiger partial charge >= 0.3 is 0 Å². The number of carbonyl (C=O) groups is 2. The number of nitrogens with zero attached hydrogens (tertiary/aromatic N) is 1. The summed E-state index contributed by atoms with van der Waals surface area (Å²) in [6.45, 7) is 4.40. The van der Waals surface area contributed by atoms with Crippen molar-refractivity contribution in [2.75, 3.05) is 22.1 Å². The zero-order valence-corrected chi connectivity index (χ0v) is 17.2. The zero-order chi connectivity index (χ0) is 21.1. The topological polar surface area (TPSA) is 61.4 Å². The molecule has 1 aliphatic heterocycles. The van der Waals surface area contributed by atoms with Crippen LogP contribution in [0.15, 0.2) is 72.8 Å². The summed E-state index contributed by atoms with van der Waals surface area (Å²) in [7, 11) is 0. The summed E-state index contributed by atoms with van der Waals surface area (Å²) < 4.78 is 0. The van der Waals surface area contributed by atoms with Gasteiger partial charge in [-0.05, 0) is 67.4 Å². The third-order valence-electron chi connectivity index (χ3n) is 5.37. The van der Waals surface area contributed by atoms with Gasteiger partial charge in [0.1, 0.15) is 0 Å². The van der Waals surface area contributed by atoms with Crippen LogP contribution in [0.5, 0.6) is 0 Å². The Hall–Kier alpha value is -3.60. The van der Waals surface area contributed by atoms with E-state index in [-0.39, 0.29) is 24.2 Å². The van der Waals surface area contributed by atoms with E-state index in [0.29, 0.717) is 6.54 Å². The molecule has 1 heterocycles. The zero-order valence-electron chi connectivity index (χ0n) is 17.2. The molecule has 0 aromatic heterocycles. The molecule has 3 aromatic carbocycles. The molecular weight excluding hydrogens is 374 g/mol. The van der Waals surface area contributed by atoms with E-state index < -0.39 is 0 Å². The van der Waals surface area contributed by atoms with Crippen LogP contribution in [-0.2, 0) is 9.59 Å². The van der Waals surface area contributed by atoms with Gasteiger partial charge in [0, 0.05) is 35.7 Å². The van der Waals surface area contributed by atoms with Crippen molar-refractivity contribution in [3.63, 3.8) is 0 Å². The Morgan fingerprint density at radius 1 is 0.900 bits per heavy atom. The molecule has 4 rings (SSSR count). The van der Waals surface area contributed by atoms with Gasteiger partial charge in [-0.3, -0.25) is 9.59 Å². The highest BCUT2D eigenvalue weighted by molar-refractivity contribution is 6.04. The summed E-state index contributed by atoms with van der Waals surface area (Å²) >= 11 is 0. The van der Waals surface area contributed by atoms with Gasteiger partial charge in [-0.15, -0.1) is 0 Å². The van der Waals surface area contributed by atoms with E-state index >= 15 is 0 Å². The molecule has 5 nitrogen and oxygen atoms in total. The SMILES string of the molecule is Cc1ccc(C)c(N2CC(C(=O)Nc3ccc(Nc4ccccc4)cc3)CC2=O)c1. The van der Waals surface area contributed by atoms with Crippen molar-refractivity contribution in [3.05, 3.63) is 83.9 Å². The lowest BCUT2D eigenvalue weighted by Gasteiger charge is -2.19. The van der Waals surface area contributed by atoms with Gasteiger partial charge in [0.2, 0.25) is 11.8 Å². The molecule has 1 saturated heterocycles. The van der Waals surface area contributed by atoms with Crippen molar-refractivity contribution >= 4 is 34.6 Å². The standard InChI is InChI=1S/C25H25N3O2/c1-17-8-9-18(2)23(14-17)28-16-19(15-24(28)29)25(30)27-22-12-10-21(11-13-22)26-20-6-4-3-5-7-20/h3-14,19,26H,15-16H2,1-2H3,(H,27,30). The molecule has 0 aliphatic carbocycles. The fourth-order valence-corrected chi connectivity index (χ4v) is 3.70. The summed E-state index contributed by atoms with van der Waals surface area (Å²) in [5.41, 5.74) is 5.70. The minimum atomic E-state index is -0.362. The van der Waals surface area contributed by atoms with Gasteiger partial charge in [-0.1, -0.05) is 30.3 Å². The maximum atomic E-state index is 12.8. The highest BCUT2D eigenvalue weighted by atomic mass is 16.2. The second-order valence-electron chi connectivity index (χ2n) is 7.75. The fourth-order valence-electron chi connectivity index (χ4n) is 3.70. The molecule has 0 bridgehead atoms. The number of anilines is 4. The normalized spacial score (nSPS) is 15.9. The monoisotopic (exact) mass is 399 g/mol. The molecule has 1 fully saturated rings. The van der Waals surface area contributed by atoms with Crippen LogP contribution < -0.4 is 15.5 Å². The van der Waals surface area contributed by atoms with Crippen molar-refractivity contribution in [2.24, 2.45) is 5.92 Å². The second kappa shape index (κ2) is 8.41. The smallest absolute Gasteiger partial charge is 0.229 e. The van der Waals surface area contributed by atoms with E-state index in [4.69, 9.17) is 0 Å². The highest BCUT2D eigenvalue weighted by Crippen LogP contribution is 2.29. The molecular formula is C25H25N3O2. The Labute approximate surface area is 176 Å². The maximum Gasteiger partial charge on any atom is 0.229 e. The molecule has 3 aromatic rings. The third kappa shape index (κ3) is 4.35. The summed E-state index contributed by atoms with van der Waals surface area (Å²) in [6.07, 6.45) is 0.229. The summed E-state index contributed by atoms with van der Waals surface area (Å²) in [4.78, 5) is 27.1. The number of rotatable bonds is 5. The Balaban J connectivity index is 1.39. The second-order valence-corrected chi connectivity index (χ2v) is 7.75. The van der Waals surface area contributed by atoms with E-state index in [0.717, 1.165) is 33.9 Å². The van der Waals surface area contributed by atoms with E-state index in [2.05, 4.69) is 10.6 Å². The molecule has 152 valence electrons. The number of aryl methyl sites for hydroxylation is 2. The molecule has 5 heteroatoms. The molecule has 1 aliphatic rings. The number of amides is 2. The van der Waals surface area contributed by atoms with Crippen LogP contribution in [-0.4, -0.2) is 18.4 Å². The first-order valence-corrected chi connectivity index (χ1v) is 10.1. The van der Waals surface area contributed by atoms with E-state index in [9.17, 15) is 9.59 Å². The minimum Gasteiger partial charge on any atom is -0.356 e. The lowest BCUT2D eigenvalue weighted by atomic mass is 10.1. The van der Waals surface area contributed by atoms with Crippen LogP contribution >= 0.6 is 0 Å². The van der Waals surface area contributed by atoms with Gasteiger partial charge in [0.05, 0.1) is 5.92 Å². The van der Waals surface area contributed by atoms with Gasteiger partial charge in [0.25, 0.3) is 0 Å². The van der Waals surface area contributed by atoms with Crippen LogP contribution in [0.2, 0.25) is 0 Å². The molecule has 2 amide bonds. The molecule has 2 N–H and O–H groups in total. The Morgan fingerprint density at radius 2 is 1.57 bits per heavy atom. The molecule has 1 unspecified atom stereocenters. The first kappa shape index (κ1) is 19.7. The number of para-hydroxylation sites is 1. The minimum absolute atomic E-state index is 0.00809. The molecule has 30 heavy (non-hydrogen) atoms. The Kier molecular flexibility index (Phi) is 5.53. The molecule has 0 saturated carbocycles. The first-order valence-electron chi connectivity index (χ1n) is 10.1. The van der Waals surface area contributed by atoms with Crippen molar-refractivity contribution < 1.29 is 9.59 Å². The van der Waals surface area contributed by atoms with Crippen molar-refractivity contribution in [2.45, 2.75) is 20.3 Å². The lowest BCUT2D eigenvalue weighted by Crippen LogP contribution is -2.28. The number of carbonyl (C=O) groups excluding carboxylic acids is 2. The average molecular weight is 399 g/mol. The van der Waals surface area contributed by atoms with Gasteiger partial charge in [-0.25, -0.2) is 0 Å². The quantitative estimate of drug-likeness (QED) is 0.632. The van der Waals surface area contributed by atoms with Crippen molar-refractivity contribution in [1.29, 1.82) is 0 Å². The Morgan fingerprint density at radius 3 is 2.30 bits per heavy atom. The highest BCUT2D eigenvalue weighted by Gasteiger charge is 2.35. The maximum absolute atomic E-state index is 12.8. The number of benzene rings is 3. The van der Waals surface area contributed by atoms with Crippen LogP contribution in [0.3, 0.4) is 0 Å². The summed E-state index contributed by atoms with van der Waals surface area (Å²) in [5, 5.41) is 6.26. The largest absolute Gasteiger partial charge is 0.356 e. The Bertz CT molecular complexity index is 1060.